The Morgan fingerprint density at radius 2 is 1.86 bits per heavy atom. The van der Waals surface area contributed by atoms with Crippen LogP contribution in [0.5, 0.6) is 0 Å². The summed E-state index contributed by atoms with van der Waals surface area (Å²) in [4.78, 5) is 29.4. The smallest absolute Gasteiger partial charge is 0.328 e. The van der Waals surface area contributed by atoms with Crippen LogP contribution in [0.1, 0.15) is 36.5 Å². The molecule has 1 unspecified atom stereocenters. The van der Waals surface area contributed by atoms with Crippen LogP contribution in [-0.2, 0) is 9.53 Å². The average molecular weight is 382 g/mol. The lowest BCUT2D eigenvalue weighted by molar-refractivity contribution is -0.143. The second-order valence-corrected chi connectivity index (χ2v) is 7.65. The summed E-state index contributed by atoms with van der Waals surface area (Å²) in [5.74, 6) is -1.27. The summed E-state index contributed by atoms with van der Waals surface area (Å²) in [6.07, 6.45) is 2.34. The number of nitrogens with zero attached hydrogens (tertiary/aromatic N) is 2. The number of carbonyl (C=O) groups excluding carboxylic acids is 1. The van der Waals surface area contributed by atoms with Gasteiger partial charge in [-0.3, -0.25) is 9.69 Å². The van der Waals surface area contributed by atoms with Gasteiger partial charge in [0.05, 0.1) is 6.61 Å². The molecule has 0 bridgehead atoms. The number of amides is 1. The van der Waals surface area contributed by atoms with E-state index in [9.17, 15) is 14.7 Å². The summed E-state index contributed by atoms with van der Waals surface area (Å²) in [6.45, 7) is 4.81. The van der Waals surface area contributed by atoms with Gasteiger partial charge in [0, 0.05) is 31.5 Å². The Kier molecular flexibility index (Phi) is 5.08. The lowest BCUT2D eigenvalue weighted by Crippen LogP contribution is -2.58. The molecule has 2 aromatic rings. The highest BCUT2D eigenvalue weighted by atomic mass is 16.5. The molecule has 1 spiro atoms. The maximum atomic E-state index is 13.6. The molecule has 1 amide bonds. The molecule has 6 heteroatoms. The third kappa shape index (κ3) is 3.16. The maximum Gasteiger partial charge on any atom is 0.328 e. The van der Waals surface area contributed by atoms with Crippen LogP contribution in [0, 0.1) is 0 Å². The van der Waals surface area contributed by atoms with Crippen molar-refractivity contribution in [3.63, 3.8) is 0 Å². The molecule has 2 saturated heterocycles. The SMILES string of the molecule is CCCN1CCC2(CC1)OCC(C(=O)O)N2C(=O)c1cccc2ccccc12. The molecular weight excluding hydrogens is 356 g/mol. The largest absolute Gasteiger partial charge is 0.480 e. The number of piperidine rings is 1. The van der Waals surface area contributed by atoms with E-state index < -0.39 is 17.7 Å². The van der Waals surface area contributed by atoms with E-state index in [1.54, 1.807) is 6.07 Å². The molecule has 6 nitrogen and oxygen atoms in total. The zero-order valence-electron chi connectivity index (χ0n) is 16.1. The van der Waals surface area contributed by atoms with Gasteiger partial charge < -0.3 is 14.7 Å². The van der Waals surface area contributed by atoms with Crippen molar-refractivity contribution in [1.29, 1.82) is 0 Å². The van der Waals surface area contributed by atoms with Gasteiger partial charge in [0.25, 0.3) is 5.91 Å². The van der Waals surface area contributed by atoms with E-state index in [1.807, 2.05) is 36.4 Å². The van der Waals surface area contributed by atoms with Gasteiger partial charge in [0.15, 0.2) is 6.04 Å². The van der Waals surface area contributed by atoms with E-state index in [0.717, 1.165) is 36.8 Å². The van der Waals surface area contributed by atoms with Crippen LogP contribution >= 0.6 is 0 Å². The van der Waals surface area contributed by atoms with E-state index in [4.69, 9.17) is 4.74 Å². The predicted molar refractivity (Wildman–Crippen MR) is 106 cm³/mol. The number of ether oxygens (including phenoxy) is 1. The highest BCUT2D eigenvalue weighted by Gasteiger charge is 2.54. The third-order valence-electron chi connectivity index (χ3n) is 5.96. The fraction of sp³-hybridized carbons (Fsp3) is 0.455. The number of likely N-dealkylation sites (tertiary alicyclic amines) is 1. The Morgan fingerprint density at radius 1 is 1.14 bits per heavy atom. The Bertz CT molecular complexity index is 884. The second-order valence-electron chi connectivity index (χ2n) is 7.65. The van der Waals surface area contributed by atoms with Crippen LogP contribution < -0.4 is 0 Å². The molecule has 0 radical (unpaired) electrons. The van der Waals surface area contributed by atoms with E-state index in [-0.39, 0.29) is 12.5 Å². The number of fused-ring (bicyclic) bond motifs is 1. The molecule has 0 aliphatic carbocycles. The number of aliphatic carboxylic acids is 1. The first-order chi connectivity index (χ1) is 13.6. The van der Waals surface area contributed by atoms with Crippen LogP contribution in [0.3, 0.4) is 0 Å². The zero-order chi connectivity index (χ0) is 19.7. The predicted octanol–water partition coefficient (Wildman–Crippen LogP) is 2.97. The number of rotatable bonds is 4. The van der Waals surface area contributed by atoms with Crippen molar-refractivity contribution in [2.75, 3.05) is 26.2 Å². The van der Waals surface area contributed by atoms with Gasteiger partial charge in [-0.1, -0.05) is 43.3 Å². The molecule has 1 atom stereocenters. The molecule has 2 aliphatic rings. The van der Waals surface area contributed by atoms with Crippen molar-refractivity contribution in [2.45, 2.75) is 38.0 Å². The topological polar surface area (TPSA) is 70.1 Å². The van der Waals surface area contributed by atoms with Crippen LogP contribution in [0.4, 0.5) is 0 Å². The number of carbonyl (C=O) groups is 2. The van der Waals surface area contributed by atoms with Gasteiger partial charge >= 0.3 is 5.97 Å². The molecular formula is C22H26N2O4. The first kappa shape index (κ1) is 18.9. The molecule has 0 saturated carbocycles. The minimum atomic E-state index is -1.01. The normalized spacial score (nSPS) is 22.0. The molecule has 2 heterocycles. The molecule has 1 N–H and O–H groups in total. The lowest BCUT2D eigenvalue weighted by atomic mass is 9.95. The molecule has 4 rings (SSSR count). The van der Waals surface area contributed by atoms with Gasteiger partial charge in [0.2, 0.25) is 0 Å². The van der Waals surface area contributed by atoms with Crippen LogP contribution in [0.15, 0.2) is 42.5 Å². The monoisotopic (exact) mass is 382 g/mol. The summed E-state index contributed by atoms with van der Waals surface area (Å²) in [5, 5.41) is 11.6. The second kappa shape index (κ2) is 7.53. The molecule has 2 aliphatic heterocycles. The quantitative estimate of drug-likeness (QED) is 0.880. The molecule has 28 heavy (non-hydrogen) atoms. The van der Waals surface area contributed by atoms with Gasteiger partial charge in [-0.2, -0.15) is 0 Å². The van der Waals surface area contributed by atoms with Gasteiger partial charge in [-0.15, -0.1) is 0 Å². The summed E-state index contributed by atoms with van der Waals surface area (Å²) < 4.78 is 6.05. The average Bonchev–Trinajstić information content (AvgIpc) is 3.08. The third-order valence-corrected chi connectivity index (χ3v) is 5.96. The van der Waals surface area contributed by atoms with Crippen LogP contribution in [-0.4, -0.2) is 64.8 Å². The highest BCUT2D eigenvalue weighted by molar-refractivity contribution is 6.08. The number of carboxylic acid groups (broad SMARTS) is 1. The molecule has 0 aromatic heterocycles. The fourth-order valence-corrected chi connectivity index (χ4v) is 4.54. The minimum Gasteiger partial charge on any atom is -0.480 e. The number of benzene rings is 2. The van der Waals surface area contributed by atoms with Crippen molar-refractivity contribution in [3.8, 4) is 0 Å². The minimum absolute atomic E-state index is 0.0413. The summed E-state index contributed by atoms with van der Waals surface area (Å²) in [5.41, 5.74) is -0.299. The van der Waals surface area contributed by atoms with Gasteiger partial charge in [0.1, 0.15) is 5.72 Å². The lowest BCUT2D eigenvalue weighted by Gasteiger charge is -2.44. The van der Waals surface area contributed by atoms with Gasteiger partial charge in [-0.05, 0) is 29.8 Å². The van der Waals surface area contributed by atoms with Crippen molar-refractivity contribution in [3.05, 3.63) is 48.0 Å². The first-order valence-electron chi connectivity index (χ1n) is 9.96. The molecule has 2 fully saturated rings. The molecule has 148 valence electrons. The van der Waals surface area contributed by atoms with Crippen LogP contribution in [0.25, 0.3) is 10.8 Å². The van der Waals surface area contributed by atoms with Crippen molar-refractivity contribution >= 4 is 22.6 Å². The summed E-state index contributed by atoms with van der Waals surface area (Å²) in [7, 11) is 0. The van der Waals surface area contributed by atoms with Crippen molar-refractivity contribution in [1.82, 2.24) is 9.80 Å². The Hall–Kier alpha value is -2.44. The number of carboxylic acids is 1. The Balaban J connectivity index is 1.71. The first-order valence-corrected chi connectivity index (χ1v) is 9.96. The fourth-order valence-electron chi connectivity index (χ4n) is 4.54. The highest BCUT2D eigenvalue weighted by Crippen LogP contribution is 2.39. The zero-order valence-corrected chi connectivity index (χ0v) is 16.1. The van der Waals surface area contributed by atoms with E-state index in [0.29, 0.717) is 18.4 Å². The Labute approximate surface area is 164 Å². The summed E-state index contributed by atoms with van der Waals surface area (Å²) in [6, 6.07) is 12.3. The standard InChI is InChI=1S/C22H26N2O4/c1-2-12-23-13-10-22(11-14-23)24(19(15-28-22)21(26)27)20(25)18-9-5-7-16-6-3-4-8-17(16)18/h3-9,19H,2,10-15H2,1H3,(H,26,27). The maximum absolute atomic E-state index is 13.6. The van der Waals surface area contributed by atoms with Gasteiger partial charge in [-0.25, -0.2) is 4.79 Å². The van der Waals surface area contributed by atoms with Crippen molar-refractivity contribution < 1.29 is 19.4 Å². The van der Waals surface area contributed by atoms with Crippen molar-refractivity contribution in [2.24, 2.45) is 0 Å². The van der Waals surface area contributed by atoms with E-state index >= 15 is 0 Å². The van der Waals surface area contributed by atoms with Crippen LogP contribution in [0.2, 0.25) is 0 Å². The van der Waals surface area contributed by atoms with E-state index in [2.05, 4.69) is 11.8 Å². The Morgan fingerprint density at radius 3 is 2.57 bits per heavy atom. The number of hydrogen-bond donors (Lipinski definition) is 1. The molecule has 2 aromatic carbocycles. The summed E-state index contributed by atoms with van der Waals surface area (Å²) >= 11 is 0. The number of hydrogen-bond acceptors (Lipinski definition) is 4. The van der Waals surface area contributed by atoms with E-state index in [1.165, 1.54) is 4.90 Å².